The number of amides is 1. The van der Waals surface area contributed by atoms with Gasteiger partial charge in [0, 0.05) is 37.5 Å². The number of sulfone groups is 1. The van der Waals surface area contributed by atoms with E-state index in [9.17, 15) is 13.2 Å². The van der Waals surface area contributed by atoms with Gasteiger partial charge in [0.05, 0.1) is 23.7 Å². The van der Waals surface area contributed by atoms with Crippen molar-refractivity contribution in [1.82, 2.24) is 19.6 Å². The fraction of sp³-hybridized carbons (Fsp3) is 0.444. The van der Waals surface area contributed by atoms with Gasteiger partial charge in [0.1, 0.15) is 0 Å². The fourth-order valence-electron chi connectivity index (χ4n) is 3.22. The third-order valence-corrected chi connectivity index (χ3v) is 6.13. The van der Waals surface area contributed by atoms with Crippen LogP contribution in [-0.2, 0) is 23.4 Å². The molecule has 1 aliphatic rings. The van der Waals surface area contributed by atoms with Gasteiger partial charge in [0.25, 0.3) is 5.91 Å². The first-order chi connectivity index (χ1) is 12.2. The summed E-state index contributed by atoms with van der Waals surface area (Å²) < 4.78 is 25.9. The lowest BCUT2D eigenvalue weighted by molar-refractivity contribution is 0.0697. The van der Waals surface area contributed by atoms with Gasteiger partial charge in [-0.15, -0.1) is 0 Å². The van der Waals surface area contributed by atoms with E-state index in [1.165, 1.54) is 0 Å². The van der Waals surface area contributed by atoms with E-state index in [1.807, 2.05) is 38.4 Å². The summed E-state index contributed by atoms with van der Waals surface area (Å²) in [5.74, 6) is -0.220. The highest BCUT2D eigenvalue weighted by Gasteiger charge is 2.36. The predicted molar refractivity (Wildman–Crippen MR) is 99.5 cm³/mol. The number of carbonyl (C=O) groups is 1. The molecule has 3 rings (SSSR count). The molecule has 0 bridgehead atoms. The summed E-state index contributed by atoms with van der Waals surface area (Å²) in [4.78, 5) is 16.7. The molecule has 0 aliphatic carbocycles. The van der Waals surface area contributed by atoms with Crippen LogP contribution in [-0.4, -0.2) is 66.1 Å². The number of carbonyl (C=O) groups excluding carboxylic acids is 1. The number of nitrogens with zero attached hydrogens (tertiary/aromatic N) is 4. The van der Waals surface area contributed by atoms with Crippen molar-refractivity contribution >= 4 is 15.7 Å². The lowest BCUT2D eigenvalue weighted by Gasteiger charge is -2.35. The van der Waals surface area contributed by atoms with E-state index >= 15 is 0 Å². The Morgan fingerprint density at radius 1 is 1.27 bits per heavy atom. The molecule has 1 aromatic heterocycles. The van der Waals surface area contributed by atoms with Crippen LogP contribution in [0.2, 0.25) is 0 Å². The molecule has 8 heteroatoms. The first kappa shape index (κ1) is 18.6. The molecular weight excluding hydrogens is 352 g/mol. The molecule has 7 nitrogen and oxygen atoms in total. The van der Waals surface area contributed by atoms with Crippen LogP contribution < -0.4 is 0 Å². The Hall–Kier alpha value is -2.19. The lowest BCUT2D eigenvalue weighted by Crippen LogP contribution is -2.46. The summed E-state index contributed by atoms with van der Waals surface area (Å²) in [5.41, 5.74) is 2.44. The van der Waals surface area contributed by atoms with E-state index in [2.05, 4.69) is 10.00 Å². The summed E-state index contributed by atoms with van der Waals surface area (Å²) in [6.45, 7) is 0.995. The minimum Gasteiger partial charge on any atom is -0.329 e. The second-order valence-corrected chi connectivity index (χ2v) is 9.24. The fourth-order valence-corrected chi connectivity index (χ4v) is 4.72. The van der Waals surface area contributed by atoms with Crippen molar-refractivity contribution in [1.29, 1.82) is 0 Å². The standard InChI is InChI=1S/C18H24N4O3S/c1-20(2)11-14-4-6-15(7-5-14)18(23)22-8-9-26(24,25)13-17(22)16-10-19-21(3)12-16/h4-7,10,12,17H,8-9,11,13H2,1-3H3/t17-/m1/s1. The Morgan fingerprint density at radius 3 is 2.54 bits per heavy atom. The Kier molecular flexibility index (Phi) is 5.15. The van der Waals surface area contributed by atoms with Crippen molar-refractivity contribution in [3.63, 3.8) is 0 Å². The molecule has 1 amide bonds. The molecule has 1 saturated heterocycles. The van der Waals surface area contributed by atoms with Gasteiger partial charge in [-0.3, -0.25) is 9.48 Å². The van der Waals surface area contributed by atoms with Crippen LogP contribution in [0.4, 0.5) is 0 Å². The van der Waals surface area contributed by atoms with E-state index < -0.39 is 15.9 Å². The van der Waals surface area contributed by atoms with Crippen LogP contribution in [0.5, 0.6) is 0 Å². The SMILES string of the molecule is CN(C)Cc1ccc(C(=O)N2CCS(=O)(=O)C[C@@H]2c2cnn(C)c2)cc1. The molecule has 26 heavy (non-hydrogen) atoms. The molecule has 1 aliphatic heterocycles. The molecule has 0 spiro atoms. The van der Waals surface area contributed by atoms with E-state index in [1.54, 1.807) is 29.0 Å². The van der Waals surface area contributed by atoms with Crippen LogP contribution >= 0.6 is 0 Å². The second kappa shape index (κ2) is 7.20. The van der Waals surface area contributed by atoms with Crippen molar-refractivity contribution in [3.05, 3.63) is 53.3 Å². The Morgan fingerprint density at radius 2 is 1.96 bits per heavy atom. The first-order valence-corrected chi connectivity index (χ1v) is 10.3. The quantitative estimate of drug-likeness (QED) is 0.799. The average Bonchev–Trinajstić information content (AvgIpc) is 3.00. The highest BCUT2D eigenvalue weighted by molar-refractivity contribution is 7.91. The van der Waals surface area contributed by atoms with E-state index in [4.69, 9.17) is 0 Å². The molecule has 140 valence electrons. The molecule has 1 aromatic carbocycles. The van der Waals surface area contributed by atoms with Crippen LogP contribution in [0.15, 0.2) is 36.7 Å². The first-order valence-electron chi connectivity index (χ1n) is 8.49. The number of benzene rings is 1. The number of aromatic nitrogens is 2. The molecule has 0 saturated carbocycles. The van der Waals surface area contributed by atoms with Crippen molar-refractivity contribution in [2.45, 2.75) is 12.6 Å². The smallest absolute Gasteiger partial charge is 0.254 e. The molecular formula is C18H24N4O3S. The van der Waals surface area contributed by atoms with Crippen LogP contribution in [0.3, 0.4) is 0 Å². The second-order valence-electron chi connectivity index (χ2n) is 7.01. The number of hydrogen-bond donors (Lipinski definition) is 0. The maximum atomic E-state index is 13.0. The summed E-state index contributed by atoms with van der Waals surface area (Å²) in [6.07, 6.45) is 3.40. The molecule has 1 fully saturated rings. The average molecular weight is 376 g/mol. The van der Waals surface area contributed by atoms with Gasteiger partial charge in [-0.2, -0.15) is 5.10 Å². The normalized spacial score (nSPS) is 19.7. The topological polar surface area (TPSA) is 75.5 Å². The maximum absolute atomic E-state index is 13.0. The number of aryl methyl sites for hydroxylation is 1. The molecule has 2 heterocycles. The minimum atomic E-state index is -3.18. The van der Waals surface area contributed by atoms with Gasteiger partial charge in [-0.05, 0) is 31.8 Å². The van der Waals surface area contributed by atoms with Gasteiger partial charge < -0.3 is 9.80 Å². The van der Waals surface area contributed by atoms with Gasteiger partial charge in [0.2, 0.25) is 0 Å². The predicted octanol–water partition coefficient (Wildman–Crippen LogP) is 1.09. The summed E-state index contributed by atoms with van der Waals surface area (Å²) in [6, 6.07) is 6.99. The number of hydrogen-bond acceptors (Lipinski definition) is 5. The molecule has 0 N–H and O–H groups in total. The van der Waals surface area contributed by atoms with Gasteiger partial charge >= 0.3 is 0 Å². The van der Waals surface area contributed by atoms with Crippen LogP contribution in [0, 0.1) is 0 Å². The summed E-state index contributed by atoms with van der Waals surface area (Å²) >= 11 is 0. The lowest BCUT2D eigenvalue weighted by atomic mass is 10.1. The van der Waals surface area contributed by atoms with Crippen LogP contribution in [0.25, 0.3) is 0 Å². The third-order valence-electron chi connectivity index (χ3n) is 4.50. The van der Waals surface area contributed by atoms with Crippen molar-refractivity contribution in [3.8, 4) is 0 Å². The highest BCUT2D eigenvalue weighted by atomic mass is 32.2. The molecule has 0 radical (unpaired) electrons. The Labute approximate surface area is 154 Å². The highest BCUT2D eigenvalue weighted by Crippen LogP contribution is 2.28. The van der Waals surface area contributed by atoms with Crippen LogP contribution in [0.1, 0.15) is 27.5 Å². The van der Waals surface area contributed by atoms with Crippen molar-refractivity contribution < 1.29 is 13.2 Å². The summed E-state index contributed by atoms with van der Waals surface area (Å²) in [7, 11) is 2.58. The third kappa shape index (κ3) is 4.13. The minimum absolute atomic E-state index is 0.00574. The molecule has 1 atom stereocenters. The largest absolute Gasteiger partial charge is 0.329 e. The monoisotopic (exact) mass is 376 g/mol. The van der Waals surface area contributed by atoms with Crippen molar-refractivity contribution in [2.75, 3.05) is 32.1 Å². The van der Waals surface area contributed by atoms with E-state index in [-0.39, 0.29) is 24.0 Å². The van der Waals surface area contributed by atoms with E-state index in [0.29, 0.717) is 5.56 Å². The maximum Gasteiger partial charge on any atom is 0.254 e. The zero-order chi connectivity index (χ0) is 18.9. The molecule has 2 aromatic rings. The Bertz CT molecular complexity index is 887. The summed E-state index contributed by atoms with van der Waals surface area (Å²) in [5, 5.41) is 4.12. The zero-order valence-corrected chi connectivity index (χ0v) is 16.1. The van der Waals surface area contributed by atoms with Crippen molar-refractivity contribution in [2.24, 2.45) is 7.05 Å². The van der Waals surface area contributed by atoms with Gasteiger partial charge in [0.15, 0.2) is 9.84 Å². The zero-order valence-electron chi connectivity index (χ0n) is 15.3. The number of rotatable bonds is 4. The van der Waals surface area contributed by atoms with Gasteiger partial charge in [-0.1, -0.05) is 12.1 Å². The Balaban J connectivity index is 1.86. The molecule has 0 unspecified atom stereocenters. The van der Waals surface area contributed by atoms with E-state index in [0.717, 1.165) is 17.7 Å². The van der Waals surface area contributed by atoms with Gasteiger partial charge in [-0.25, -0.2) is 8.42 Å².